The minimum atomic E-state index is 0.181. The van der Waals surface area contributed by atoms with E-state index in [1.54, 1.807) is 0 Å². The van der Waals surface area contributed by atoms with Crippen LogP contribution in [-0.2, 0) is 4.79 Å². The number of carbonyl (C=O) groups excluding carboxylic acids is 1. The summed E-state index contributed by atoms with van der Waals surface area (Å²) in [5.74, 6) is 2.84. The van der Waals surface area contributed by atoms with Crippen molar-refractivity contribution in [3.05, 3.63) is 30.1 Å². The molecular formula is C21H27N5OS. The highest BCUT2D eigenvalue weighted by Crippen LogP contribution is 2.28. The number of carbonyl (C=O) groups is 1. The number of thioether (sulfide) groups is 1. The van der Waals surface area contributed by atoms with Gasteiger partial charge in [0.1, 0.15) is 5.82 Å². The van der Waals surface area contributed by atoms with Crippen LogP contribution in [0.3, 0.4) is 0 Å². The van der Waals surface area contributed by atoms with Crippen molar-refractivity contribution in [2.75, 3.05) is 18.8 Å². The van der Waals surface area contributed by atoms with E-state index in [4.69, 9.17) is 4.98 Å². The fourth-order valence-corrected chi connectivity index (χ4v) is 4.99. The largest absolute Gasteiger partial charge is 0.341 e. The van der Waals surface area contributed by atoms with E-state index in [0.29, 0.717) is 17.6 Å². The van der Waals surface area contributed by atoms with Gasteiger partial charge in [-0.25, -0.2) is 4.98 Å². The topological polar surface area (TPSA) is 63.4 Å². The van der Waals surface area contributed by atoms with Crippen LogP contribution in [0.4, 0.5) is 0 Å². The molecule has 1 amide bonds. The Morgan fingerprint density at radius 3 is 2.61 bits per heavy atom. The van der Waals surface area contributed by atoms with Gasteiger partial charge in [-0.3, -0.25) is 9.20 Å². The first kappa shape index (κ1) is 19.2. The summed E-state index contributed by atoms with van der Waals surface area (Å²) in [6, 6.07) is 8.00. The van der Waals surface area contributed by atoms with Crippen molar-refractivity contribution in [1.82, 2.24) is 24.5 Å². The Balaban J connectivity index is 1.62. The molecule has 0 saturated carbocycles. The monoisotopic (exact) mass is 397 g/mol. The number of rotatable bonds is 4. The molecule has 2 aromatic heterocycles. The molecule has 7 heteroatoms. The molecule has 0 radical (unpaired) electrons. The zero-order chi connectivity index (χ0) is 19.8. The molecule has 1 aromatic carbocycles. The fraction of sp³-hybridized carbons (Fsp3) is 0.524. The summed E-state index contributed by atoms with van der Waals surface area (Å²) < 4.78 is 2.02. The highest BCUT2D eigenvalue weighted by molar-refractivity contribution is 7.99. The van der Waals surface area contributed by atoms with Gasteiger partial charge in [-0.1, -0.05) is 51.6 Å². The maximum absolute atomic E-state index is 12.8. The van der Waals surface area contributed by atoms with Crippen LogP contribution in [0.25, 0.3) is 16.6 Å². The van der Waals surface area contributed by atoms with Gasteiger partial charge in [-0.2, -0.15) is 0 Å². The van der Waals surface area contributed by atoms with Crippen molar-refractivity contribution < 1.29 is 4.79 Å². The molecule has 0 spiro atoms. The lowest BCUT2D eigenvalue weighted by Gasteiger charge is -2.34. The Morgan fingerprint density at radius 1 is 1.18 bits per heavy atom. The third-order valence-electron chi connectivity index (χ3n) is 5.31. The summed E-state index contributed by atoms with van der Waals surface area (Å²) in [5, 5.41) is 10.6. The number of benzene rings is 1. The second-order valence-corrected chi connectivity index (χ2v) is 9.26. The zero-order valence-electron chi connectivity index (χ0n) is 16.9. The normalized spacial score (nSPS) is 20.4. The quantitative estimate of drug-likeness (QED) is 0.623. The first-order chi connectivity index (χ1) is 13.4. The first-order valence-corrected chi connectivity index (χ1v) is 11.0. The van der Waals surface area contributed by atoms with Crippen molar-refractivity contribution in [3.63, 3.8) is 0 Å². The highest BCUT2D eigenvalue weighted by atomic mass is 32.2. The summed E-state index contributed by atoms with van der Waals surface area (Å²) in [7, 11) is 0. The predicted octanol–water partition coefficient (Wildman–Crippen LogP) is 4.00. The number of amides is 1. The van der Waals surface area contributed by atoms with Gasteiger partial charge in [0.2, 0.25) is 5.91 Å². The van der Waals surface area contributed by atoms with Gasteiger partial charge in [-0.05, 0) is 30.4 Å². The second kappa shape index (κ2) is 7.70. The maximum Gasteiger partial charge on any atom is 0.233 e. The van der Waals surface area contributed by atoms with Crippen LogP contribution >= 0.6 is 11.8 Å². The lowest BCUT2D eigenvalue weighted by atomic mass is 9.92. The molecule has 0 bridgehead atoms. The van der Waals surface area contributed by atoms with Crippen molar-refractivity contribution in [2.45, 2.75) is 45.2 Å². The molecule has 148 valence electrons. The molecule has 6 nitrogen and oxygen atoms in total. The summed E-state index contributed by atoms with van der Waals surface area (Å²) in [6.07, 6.45) is 1.20. The number of para-hydroxylation sites is 1. The van der Waals surface area contributed by atoms with Crippen molar-refractivity contribution >= 4 is 34.2 Å². The van der Waals surface area contributed by atoms with E-state index in [1.807, 2.05) is 33.6 Å². The van der Waals surface area contributed by atoms with Crippen molar-refractivity contribution in [2.24, 2.45) is 11.8 Å². The molecule has 3 heterocycles. The average molecular weight is 398 g/mol. The van der Waals surface area contributed by atoms with Crippen molar-refractivity contribution in [3.8, 4) is 0 Å². The number of fused-ring (bicyclic) bond motifs is 3. The van der Waals surface area contributed by atoms with Crippen LogP contribution in [0.15, 0.2) is 29.4 Å². The van der Waals surface area contributed by atoms with Crippen molar-refractivity contribution in [1.29, 1.82) is 0 Å². The molecule has 0 N–H and O–H groups in total. The van der Waals surface area contributed by atoms with Crippen LogP contribution in [0.1, 0.15) is 45.9 Å². The van der Waals surface area contributed by atoms with E-state index in [9.17, 15) is 4.79 Å². The van der Waals surface area contributed by atoms with Crippen LogP contribution in [-0.4, -0.2) is 49.2 Å². The zero-order valence-corrected chi connectivity index (χ0v) is 17.7. The number of piperidine rings is 1. The number of hydrogen-bond donors (Lipinski definition) is 0. The van der Waals surface area contributed by atoms with Crippen LogP contribution in [0.2, 0.25) is 0 Å². The fourth-order valence-electron chi connectivity index (χ4n) is 4.15. The maximum atomic E-state index is 12.8. The summed E-state index contributed by atoms with van der Waals surface area (Å²) in [6.45, 7) is 10.4. The van der Waals surface area contributed by atoms with E-state index in [-0.39, 0.29) is 11.8 Å². The van der Waals surface area contributed by atoms with Gasteiger partial charge in [0.15, 0.2) is 10.8 Å². The Morgan fingerprint density at radius 2 is 1.89 bits per heavy atom. The van der Waals surface area contributed by atoms with Crippen LogP contribution in [0, 0.1) is 11.8 Å². The van der Waals surface area contributed by atoms with Gasteiger partial charge in [0, 0.05) is 24.4 Å². The molecule has 28 heavy (non-hydrogen) atoms. The van der Waals surface area contributed by atoms with E-state index in [0.717, 1.165) is 40.6 Å². The SMILES string of the molecule is CC(C)c1nc2ccccc2c2nnc(SCC(=O)N3C[C@H](C)C[C@H](C)C3)n12. The molecule has 4 rings (SSSR count). The van der Waals surface area contributed by atoms with Gasteiger partial charge in [0.05, 0.1) is 11.3 Å². The van der Waals surface area contributed by atoms with E-state index >= 15 is 0 Å². The van der Waals surface area contributed by atoms with E-state index in [1.165, 1.54) is 18.2 Å². The highest BCUT2D eigenvalue weighted by Gasteiger charge is 2.26. The van der Waals surface area contributed by atoms with Gasteiger partial charge < -0.3 is 4.90 Å². The van der Waals surface area contributed by atoms with Gasteiger partial charge >= 0.3 is 0 Å². The third-order valence-corrected chi connectivity index (χ3v) is 6.22. The number of nitrogens with zero attached hydrogens (tertiary/aromatic N) is 5. The Labute approximate surface area is 169 Å². The average Bonchev–Trinajstić information content (AvgIpc) is 3.08. The molecular weight excluding hydrogens is 370 g/mol. The molecule has 1 aliphatic heterocycles. The van der Waals surface area contributed by atoms with Crippen LogP contribution in [0.5, 0.6) is 0 Å². The summed E-state index contributed by atoms with van der Waals surface area (Å²) >= 11 is 1.46. The number of hydrogen-bond acceptors (Lipinski definition) is 5. The van der Waals surface area contributed by atoms with E-state index in [2.05, 4.69) is 37.9 Å². The molecule has 3 aromatic rings. The van der Waals surface area contributed by atoms with E-state index < -0.39 is 0 Å². The van der Waals surface area contributed by atoms with Gasteiger partial charge in [0.25, 0.3) is 0 Å². The third kappa shape index (κ3) is 3.60. The molecule has 0 unspecified atom stereocenters. The lowest BCUT2D eigenvalue weighted by molar-refractivity contribution is -0.130. The first-order valence-electron chi connectivity index (χ1n) is 9.98. The molecule has 1 saturated heterocycles. The Kier molecular flexibility index (Phi) is 5.27. The molecule has 2 atom stereocenters. The summed E-state index contributed by atoms with van der Waals surface area (Å²) in [4.78, 5) is 19.6. The lowest BCUT2D eigenvalue weighted by Crippen LogP contribution is -2.43. The Bertz CT molecular complexity index is 1000. The molecule has 1 fully saturated rings. The number of likely N-dealkylation sites (tertiary alicyclic amines) is 1. The minimum Gasteiger partial charge on any atom is -0.341 e. The molecule has 1 aliphatic rings. The Hall–Kier alpha value is -2.15. The predicted molar refractivity (Wildman–Crippen MR) is 113 cm³/mol. The van der Waals surface area contributed by atoms with Gasteiger partial charge in [-0.15, -0.1) is 10.2 Å². The second-order valence-electron chi connectivity index (χ2n) is 8.32. The summed E-state index contributed by atoms with van der Waals surface area (Å²) in [5.41, 5.74) is 1.74. The smallest absolute Gasteiger partial charge is 0.233 e. The van der Waals surface area contributed by atoms with Crippen LogP contribution < -0.4 is 0 Å². The standard InChI is InChI=1S/C21H27N5OS/c1-13(2)19-22-17-8-6-5-7-16(17)20-23-24-21(26(19)20)28-12-18(27)25-10-14(3)9-15(4)11-25/h5-8,13-15H,9-12H2,1-4H3/t14-,15+. The number of aromatic nitrogens is 4. The minimum absolute atomic E-state index is 0.181. The molecule has 0 aliphatic carbocycles.